The first-order chi connectivity index (χ1) is 7.34. The molecule has 4 heteroatoms. The number of hydrogen-bond donors (Lipinski definition) is 3. The molecule has 0 heterocycles. The molecule has 0 radical (unpaired) electrons. The second-order valence-corrected chi connectivity index (χ2v) is 4.75. The van der Waals surface area contributed by atoms with Crippen molar-refractivity contribution in [1.82, 2.24) is 0 Å². The topological polar surface area (TPSA) is 66.5 Å². The van der Waals surface area contributed by atoms with Crippen LogP contribution in [0.5, 0.6) is 5.75 Å². The fraction of sp³-hybridized carbons (Fsp3) is 0.538. The number of rotatable bonds is 3. The molecule has 0 spiro atoms. The van der Waals surface area contributed by atoms with E-state index in [0.29, 0.717) is 0 Å². The second kappa shape index (κ2) is 6.24. The summed E-state index contributed by atoms with van der Waals surface area (Å²) in [6.45, 7) is 7.68. The molecule has 0 aliphatic rings. The van der Waals surface area contributed by atoms with Crippen LogP contribution >= 0.6 is 12.4 Å². The molecule has 17 heavy (non-hydrogen) atoms. The van der Waals surface area contributed by atoms with Crippen LogP contribution in [-0.4, -0.2) is 16.3 Å². The summed E-state index contributed by atoms with van der Waals surface area (Å²) in [6.07, 6.45) is -0.568. The van der Waals surface area contributed by atoms with Gasteiger partial charge in [0, 0.05) is 0 Å². The van der Waals surface area contributed by atoms with Gasteiger partial charge in [-0.2, -0.15) is 0 Å². The van der Waals surface area contributed by atoms with Crippen LogP contribution in [0.4, 0.5) is 0 Å². The third kappa shape index (κ3) is 3.60. The van der Waals surface area contributed by atoms with Crippen molar-refractivity contribution in [2.75, 3.05) is 0 Å². The molecule has 0 fully saturated rings. The molecule has 3 nitrogen and oxygen atoms in total. The van der Waals surface area contributed by atoms with E-state index in [4.69, 9.17) is 5.73 Å². The van der Waals surface area contributed by atoms with Gasteiger partial charge in [0.15, 0.2) is 0 Å². The standard InChI is InChI=1S/C13H21NO2.ClH/c1-7(2)13(16)12(14)11-8(3)5-10(15)6-9(11)4;/h5-7,12-13,15-16H,14H2,1-4H3;1H/t12-,13+;/m1./s1. The summed E-state index contributed by atoms with van der Waals surface area (Å²) in [7, 11) is 0. The molecule has 2 atom stereocenters. The molecule has 1 aromatic rings. The van der Waals surface area contributed by atoms with Crippen LogP contribution in [0.25, 0.3) is 0 Å². The zero-order valence-corrected chi connectivity index (χ0v) is 11.6. The van der Waals surface area contributed by atoms with Crippen LogP contribution in [0, 0.1) is 19.8 Å². The number of halogens is 1. The van der Waals surface area contributed by atoms with Crippen LogP contribution in [0.2, 0.25) is 0 Å². The highest BCUT2D eigenvalue weighted by Crippen LogP contribution is 2.28. The molecule has 1 aromatic carbocycles. The van der Waals surface area contributed by atoms with Crippen LogP contribution < -0.4 is 5.73 Å². The number of aryl methyl sites for hydroxylation is 2. The van der Waals surface area contributed by atoms with Crippen LogP contribution in [0.3, 0.4) is 0 Å². The van der Waals surface area contributed by atoms with E-state index >= 15 is 0 Å². The van der Waals surface area contributed by atoms with Crippen molar-refractivity contribution in [3.63, 3.8) is 0 Å². The molecule has 0 amide bonds. The van der Waals surface area contributed by atoms with Gasteiger partial charge in [-0.15, -0.1) is 12.4 Å². The Kier molecular flexibility index (Phi) is 5.96. The molecule has 4 N–H and O–H groups in total. The Balaban J connectivity index is 0.00000256. The summed E-state index contributed by atoms with van der Waals surface area (Å²) in [6, 6.07) is 2.95. The van der Waals surface area contributed by atoms with Gasteiger partial charge in [0.05, 0.1) is 12.1 Å². The molecule has 0 aromatic heterocycles. The van der Waals surface area contributed by atoms with E-state index in [9.17, 15) is 10.2 Å². The van der Waals surface area contributed by atoms with E-state index in [1.807, 2.05) is 27.7 Å². The van der Waals surface area contributed by atoms with E-state index in [2.05, 4.69) is 0 Å². The molecule has 98 valence electrons. The van der Waals surface area contributed by atoms with E-state index in [1.54, 1.807) is 12.1 Å². The van der Waals surface area contributed by atoms with Gasteiger partial charge in [-0.1, -0.05) is 13.8 Å². The molecule has 0 bridgehead atoms. The Morgan fingerprint density at radius 3 is 1.88 bits per heavy atom. The molecule has 0 aliphatic heterocycles. The third-order valence-electron chi connectivity index (χ3n) is 2.96. The number of phenolic OH excluding ortho intramolecular Hbond substituents is 1. The van der Waals surface area contributed by atoms with Gasteiger partial charge in [-0.3, -0.25) is 0 Å². The maximum absolute atomic E-state index is 9.98. The van der Waals surface area contributed by atoms with Crippen molar-refractivity contribution in [3.8, 4) is 5.75 Å². The van der Waals surface area contributed by atoms with Crippen molar-refractivity contribution in [2.45, 2.75) is 39.8 Å². The van der Waals surface area contributed by atoms with E-state index < -0.39 is 12.1 Å². The minimum absolute atomic E-state index is 0. The van der Waals surface area contributed by atoms with Crippen molar-refractivity contribution in [2.24, 2.45) is 11.7 Å². The smallest absolute Gasteiger partial charge is 0.116 e. The largest absolute Gasteiger partial charge is 0.508 e. The van der Waals surface area contributed by atoms with Gasteiger partial charge in [0.25, 0.3) is 0 Å². The van der Waals surface area contributed by atoms with Gasteiger partial charge in [0.2, 0.25) is 0 Å². The summed E-state index contributed by atoms with van der Waals surface area (Å²) in [4.78, 5) is 0. The predicted molar refractivity (Wildman–Crippen MR) is 72.6 cm³/mol. The molecular weight excluding hydrogens is 238 g/mol. The Labute approximate surface area is 109 Å². The van der Waals surface area contributed by atoms with E-state index in [-0.39, 0.29) is 24.1 Å². The average molecular weight is 260 g/mol. The zero-order chi connectivity index (χ0) is 12.5. The monoisotopic (exact) mass is 259 g/mol. The van der Waals surface area contributed by atoms with Gasteiger partial charge in [-0.25, -0.2) is 0 Å². The predicted octanol–water partition coefficient (Wildman–Crippen LogP) is 2.45. The number of phenols is 1. The maximum atomic E-state index is 9.98. The summed E-state index contributed by atoms with van der Waals surface area (Å²) in [5, 5.41) is 19.4. The first kappa shape index (κ1) is 16.2. The Bertz CT molecular complexity index is 357. The molecule has 0 saturated carbocycles. The second-order valence-electron chi connectivity index (χ2n) is 4.75. The van der Waals surface area contributed by atoms with Crippen LogP contribution in [0.1, 0.15) is 36.6 Å². The lowest BCUT2D eigenvalue weighted by Crippen LogP contribution is -2.31. The van der Waals surface area contributed by atoms with Crippen LogP contribution in [-0.2, 0) is 0 Å². The molecule has 0 aliphatic carbocycles. The Morgan fingerprint density at radius 1 is 1.12 bits per heavy atom. The molecule has 0 saturated heterocycles. The lowest BCUT2D eigenvalue weighted by atomic mass is 9.89. The molecule has 1 rings (SSSR count). The van der Waals surface area contributed by atoms with Gasteiger partial charge in [0.1, 0.15) is 5.75 Å². The minimum atomic E-state index is -0.568. The van der Waals surface area contributed by atoms with E-state index in [1.165, 1.54) is 0 Å². The fourth-order valence-electron chi connectivity index (χ4n) is 2.06. The zero-order valence-electron chi connectivity index (χ0n) is 10.8. The Hall–Kier alpha value is -0.770. The van der Waals surface area contributed by atoms with Crippen LogP contribution in [0.15, 0.2) is 12.1 Å². The van der Waals surface area contributed by atoms with Crippen molar-refractivity contribution in [3.05, 3.63) is 28.8 Å². The maximum Gasteiger partial charge on any atom is 0.116 e. The van der Waals surface area contributed by atoms with Crippen molar-refractivity contribution < 1.29 is 10.2 Å². The van der Waals surface area contributed by atoms with Gasteiger partial charge in [-0.05, 0) is 48.6 Å². The Morgan fingerprint density at radius 2 is 1.53 bits per heavy atom. The number of benzene rings is 1. The third-order valence-corrected chi connectivity index (χ3v) is 2.96. The molecular formula is C13H22ClNO2. The SMILES string of the molecule is Cc1cc(O)cc(C)c1[C@@H](N)[C@@H](O)C(C)C.Cl. The lowest BCUT2D eigenvalue weighted by Gasteiger charge is -2.25. The summed E-state index contributed by atoms with van der Waals surface area (Å²) < 4.78 is 0. The highest BCUT2D eigenvalue weighted by Gasteiger charge is 2.23. The number of hydrogen-bond acceptors (Lipinski definition) is 3. The number of aliphatic hydroxyl groups is 1. The number of aliphatic hydroxyl groups excluding tert-OH is 1. The molecule has 0 unspecified atom stereocenters. The summed E-state index contributed by atoms with van der Waals surface area (Å²) in [5.74, 6) is 0.354. The summed E-state index contributed by atoms with van der Waals surface area (Å²) in [5.41, 5.74) is 8.83. The summed E-state index contributed by atoms with van der Waals surface area (Å²) >= 11 is 0. The lowest BCUT2D eigenvalue weighted by molar-refractivity contribution is 0.0975. The fourth-order valence-corrected chi connectivity index (χ4v) is 2.06. The number of aromatic hydroxyl groups is 1. The normalized spacial score (nSPS) is 14.3. The average Bonchev–Trinajstić information content (AvgIpc) is 2.14. The highest BCUT2D eigenvalue weighted by atomic mass is 35.5. The van der Waals surface area contributed by atoms with Crippen molar-refractivity contribution >= 4 is 12.4 Å². The van der Waals surface area contributed by atoms with Gasteiger partial charge >= 0.3 is 0 Å². The van der Waals surface area contributed by atoms with E-state index in [0.717, 1.165) is 16.7 Å². The first-order valence-electron chi connectivity index (χ1n) is 5.58. The van der Waals surface area contributed by atoms with Crippen molar-refractivity contribution in [1.29, 1.82) is 0 Å². The van der Waals surface area contributed by atoms with Gasteiger partial charge < -0.3 is 15.9 Å². The highest BCUT2D eigenvalue weighted by molar-refractivity contribution is 5.85. The quantitative estimate of drug-likeness (QED) is 0.781. The number of nitrogens with two attached hydrogens (primary N) is 1. The first-order valence-corrected chi connectivity index (χ1v) is 5.58. The minimum Gasteiger partial charge on any atom is -0.508 e.